The van der Waals surface area contributed by atoms with Gasteiger partial charge in [-0.05, 0) is 36.0 Å². The number of benzene rings is 2. The fourth-order valence-electron chi connectivity index (χ4n) is 3.88. The molecule has 2 fully saturated rings. The predicted octanol–water partition coefficient (Wildman–Crippen LogP) is 2.85. The molecule has 0 saturated carbocycles. The van der Waals surface area contributed by atoms with Gasteiger partial charge in [0.15, 0.2) is 0 Å². The van der Waals surface area contributed by atoms with E-state index < -0.39 is 42.8 Å². The Kier molecular flexibility index (Phi) is 4.23. The predicted molar refractivity (Wildman–Crippen MR) is 123 cm³/mol. The highest BCUT2D eigenvalue weighted by Gasteiger charge is 2.39. The quantitative estimate of drug-likeness (QED) is 0.727. The second kappa shape index (κ2) is 9.37. The maximum absolute atomic E-state index is 13.5. The first-order valence-corrected chi connectivity index (χ1v) is 10.7. The first-order valence-electron chi connectivity index (χ1n) is 14.2. The highest BCUT2D eigenvalue weighted by atomic mass is 16.5. The van der Waals surface area contributed by atoms with Crippen molar-refractivity contribution in [2.24, 2.45) is 0 Å². The Bertz CT molecular complexity index is 1360. The number of nitrogens with one attached hydrogen (secondary N) is 1. The van der Waals surface area contributed by atoms with E-state index in [1.807, 2.05) is 29.6 Å². The Hall–Kier alpha value is -3.16. The summed E-state index contributed by atoms with van der Waals surface area (Å²) in [6.07, 6.45) is -6.32. The molecule has 0 aliphatic carbocycles. The van der Waals surface area contributed by atoms with Gasteiger partial charge in [0.2, 0.25) is 5.91 Å². The minimum absolute atomic E-state index is 0.0106. The van der Waals surface area contributed by atoms with Gasteiger partial charge >= 0.3 is 0 Å². The summed E-state index contributed by atoms with van der Waals surface area (Å²) >= 11 is 0. The van der Waals surface area contributed by atoms with Crippen LogP contribution >= 0.6 is 0 Å². The van der Waals surface area contributed by atoms with Crippen LogP contribution in [0.1, 0.15) is 49.4 Å². The van der Waals surface area contributed by atoms with Crippen molar-refractivity contribution in [2.75, 3.05) is 26.3 Å². The number of rotatable bonds is 6. The molecule has 2 saturated heterocycles. The Morgan fingerprint density at radius 1 is 1.15 bits per heavy atom. The number of piperidine rings is 1. The number of nitrogens with zero attached hydrogens (tertiary/aromatic N) is 2. The van der Waals surface area contributed by atoms with Crippen LogP contribution in [0.3, 0.4) is 0 Å². The van der Waals surface area contributed by atoms with Crippen molar-refractivity contribution in [1.82, 2.24) is 15.1 Å². The summed E-state index contributed by atoms with van der Waals surface area (Å²) in [4.78, 5) is 28.9. The van der Waals surface area contributed by atoms with E-state index in [0.717, 1.165) is 30.8 Å². The molecule has 0 aromatic heterocycles. The Morgan fingerprint density at radius 3 is 2.70 bits per heavy atom. The lowest BCUT2D eigenvalue weighted by Crippen LogP contribution is -2.49. The molecule has 0 unspecified atom stereocenters. The normalized spacial score (nSPS) is 31.1. The molecular formula is C26H29N3O4. The van der Waals surface area contributed by atoms with E-state index >= 15 is 0 Å². The molecule has 0 radical (unpaired) electrons. The van der Waals surface area contributed by atoms with Gasteiger partial charge in [0, 0.05) is 41.9 Å². The molecule has 1 atom stereocenters. The molecule has 3 aliphatic heterocycles. The smallest absolute Gasteiger partial charge is 0.255 e. The van der Waals surface area contributed by atoms with Crippen molar-refractivity contribution in [1.29, 1.82) is 0 Å². The first-order chi connectivity index (χ1) is 18.7. The van der Waals surface area contributed by atoms with Crippen LogP contribution in [0.25, 0.3) is 0 Å². The molecule has 5 rings (SSSR count). The third-order valence-electron chi connectivity index (χ3n) is 5.65. The summed E-state index contributed by atoms with van der Waals surface area (Å²) in [7, 11) is 0. The van der Waals surface area contributed by atoms with E-state index in [0.29, 0.717) is 13.2 Å². The second-order valence-corrected chi connectivity index (χ2v) is 7.96. The first kappa shape index (κ1) is 14.9. The summed E-state index contributed by atoms with van der Waals surface area (Å²) in [5.74, 6) is -2.54. The molecule has 2 aromatic carbocycles. The number of carbonyl (C=O) groups is 2. The van der Waals surface area contributed by atoms with Crippen LogP contribution in [0.15, 0.2) is 54.7 Å². The lowest BCUT2D eigenvalue weighted by atomic mass is 10.0. The lowest BCUT2D eigenvalue weighted by Gasteiger charge is -2.31. The zero-order valence-electron chi connectivity index (χ0n) is 25.0. The SMILES string of the molecule is [2H]C1([2H])c2c(OCc3ccc(CN4CCOCC4)cc3)cccc2C(=O)N1[C@]1([2H])C(=O)NC(=C)C([2H])([2H])C1([2H])[2H]. The topological polar surface area (TPSA) is 71.1 Å². The van der Waals surface area contributed by atoms with Crippen molar-refractivity contribution in [3.8, 4) is 5.75 Å². The summed E-state index contributed by atoms with van der Waals surface area (Å²) in [5, 5.41) is 2.03. The Balaban J connectivity index is 1.41. The van der Waals surface area contributed by atoms with Gasteiger partial charge in [0.05, 0.1) is 23.8 Å². The van der Waals surface area contributed by atoms with Crippen LogP contribution in [-0.4, -0.2) is 53.9 Å². The molecule has 2 aromatic rings. The van der Waals surface area contributed by atoms with Crippen LogP contribution in [-0.2, 0) is 29.2 Å². The number of carbonyl (C=O) groups excluding carboxylic acids is 2. The average molecular weight is 455 g/mol. The summed E-state index contributed by atoms with van der Waals surface area (Å²) in [6.45, 7) is 4.43. The number of amides is 2. The fraction of sp³-hybridized carbons (Fsp3) is 0.385. The van der Waals surface area contributed by atoms with Crippen LogP contribution in [0, 0.1) is 0 Å². The number of hydrogen-bond donors (Lipinski definition) is 1. The second-order valence-electron chi connectivity index (χ2n) is 7.96. The van der Waals surface area contributed by atoms with Crippen LogP contribution in [0.2, 0.25) is 0 Å². The van der Waals surface area contributed by atoms with Crippen LogP contribution < -0.4 is 10.1 Å². The summed E-state index contributed by atoms with van der Waals surface area (Å²) in [6, 6.07) is 8.64. The number of hydrogen-bond acceptors (Lipinski definition) is 5. The van der Waals surface area contributed by atoms with Crippen LogP contribution in [0.4, 0.5) is 0 Å². The molecule has 33 heavy (non-hydrogen) atoms. The van der Waals surface area contributed by atoms with Gasteiger partial charge in [-0.25, -0.2) is 0 Å². The zero-order valence-corrected chi connectivity index (χ0v) is 18.0. The number of allylic oxidation sites excluding steroid dienone is 1. The summed E-state index contributed by atoms with van der Waals surface area (Å²) < 4.78 is 70.8. The van der Waals surface area contributed by atoms with Gasteiger partial charge in [-0.1, -0.05) is 36.9 Å². The van der Waals surface area contributed by atoms with Crippen molar-refractivity contribution < 1.29 is 28.7 Å². The van der Waals surface area contributed by atoms with E-state index in [4.69, 9.17) is 19.1 Å². The van der Waals surface area contributed by atoms with Crippen molar-refractivity contribution in [3.63, 3.8) is 0 Å². The van der Waals surface area contributed by atoms with Crippen molar-refractivity contribution in [2.45, 2.75) is 38.4 Å². The minimum Gasteiger partial charge on any atom is -0.489 e. The number of fused-ring (bicyclic) bond motifs is 1. The molecule has 0 bridgehead atoms. The number of ether oxygens (including phenoxy) is 2. The maximum atomic E-state index is 13.5. The molecule has 1 N–H and O–H groups in total. The molecule has 7 heteroatoms. The van der Waals surface area contributed by atoms with E-state index in [9.17, 15) is 9.59 Å². The molecule has 7 nitrogen and oxygen atoms in total. The van der Waals surface area contributed by atoms with Crippen molar-refractivity contribution >= 4 is 11.8 Å². The standard InChI is InChI=1S/C26H29N3O4/c1-18-5-10-23(25(30)27-18)29-16-22-21(26(29)31)3-2-4-24(22)33-17-20-8-6-19(7-9-20)15-28-11-13-32-14-12-28/h2-4,6-9,23H,1,5,10-17H2,(H,27,30)/t23-/m0/s1/i5D2,10D2,16D2,23D. The third-order valence-corrected chi connectivity index (χ3v) is 5.65. The molecular weight excluding hydrogens is 418 g/mol. The molecule has 2 amide bonds. The summed E-state index contributed by atoms with van der Waals surface area (Å²) in [5.41, 5.74) is 0.826. The van der Waals surface area contributed by atoms with Gasteiger partial charge in [-0.3, -0.25) is 14.5 Å². The van der Waals surface area contributed by atoms with Gasteiger partial charge < -0.3 is 19.7 Å². The van der Waals surface area contributed by atoms with Crippen molar-refractivity contribution in [3.05, 3.63) is 77.0 Å². The van der Waals surface area contributed by atoms with E-state index in [2.05, 4.69) is 11.5 Å². The molecule has 0 spiro atoms. The van der Waals surface area contributed by atoms with Gasteiger partial charge in [0.1, 0.15) is 18.4 Å². The number of morpholine rings is 1. The average Bonchev–Trinajstić information content (AvgIpc) is 3.12. The van der Waals surface area contributed by atoms with Gasteiger partial charge in [0.25, 0.3) is 5.91 Å². The Labute approximate surface area is 203 Å². The van der Waals surface area contributed by atoms with Crippen LogP contribution in [0.5, 0.6) is 5.75 Å². The lowest BCUT2D eigenvalue weighted by molar-refractivity contribution is -0.126. The van der Waals surface area contributed by atoms with Gasteiger partial charge in [-0.2, -0.15) is 0 Å². The highest BCUT2D eigenvalue weighted by molar-refractivity contribution is 6.02. The monoisotopic (exact) mass is 454 g/mol. The van der Waals surface area contributed by atoms with E-state index in [1.54, 1.807) is 0 Å². The minimum atomic E-state index is -3.35. The highest BCUT2D eigenvalue weighted by Crippen LogP contribution is 2.34. The maximum Gasteiger partial charge on any atom is 0.255 e. The largest absolute Gasteiger partial charge is 0.489 e. The fourth-order valence-corrected chi connectivity index (χ4v) is 3.88. The van der Waals surface area contributed by atoms with E-state index in [-0.39, 0.29) is 28.4 Å². The molecule has 3 heterocycles. The van der Waals surface area contributed by atoms with E-state index in [1.165, 1.54) is 18.2 Å². The zero-order chi connectivity index (χ0) is 29.1. The Morgan fingerprint density at radius 2 is 1.91 bits per heavy atom. The van der Waals surface area contributed by atoms with Gasteiger partial charge in [-0.15, -0.1) is 0 Å². The molecule has 3 aliphatic rings. The third kappa shape index (κ3) is 4.65. The molecule has 172 valence electrons.